The van der Waals surface area contributed by atoms with Gasteiger partial charge in [0.2, 0.25) is 11.7 Å². The molecule has 2 amide bonds. The van der Waals surface area contributed by atoms with E-state index in [1.165, 1.54) is 24.3 Å². The normalized spacial score (nSPS) is 17.8. The lowest BCUT2D eigenvalue weighted by atomic mass is 9.77. The fraction of sp³-hybridized carbons (Fsp3) is 0.485. The molecule has 0 saturated heterocycles. The summed E-state index contributed by atoms with van der Waals surface area (Å²) in [6.07, 6.45) is -3.22. The molecular weight excluding hydrogens is 705 g/mol. The van der Waals surface area contributed by atoms with E-state index in [0.717, 1.165) is 22.9 Å². The molecule has 0 spiro atoms. The standard InChI is InChI=1S/C33H37BrF5N5O4/c1-31(2,3)48-30(47)40-18-20-4-8-21(9-5-20)26(45)17-23(16-19-6-12-24(34)13-7-19)28(46)41-25-14-10-22(11-15-25)27-42-29(44-43-27)32(35,36)33(37,38)39/h6-7,10-15,20-21,23H,4-5,8-9,16-18H2,1-3H3,(H,40,47)(H,41,46)(H,42,43,44). The number of ether oxygens (including phenoxy) is 1. The molecule has 3 N–H and O–H groups in total. The minimum absolute atomic E-state index is 0.0128. The molecule has 1 aromatic heterocycles. The van der Waals surface area contributed by atoms with E-state index in [-0.39, 0.29) is 35.4 Å². The minimum Gasteiger partial charge on any atom is -0.444 e. The van der Waals surface area contributed by atoms with E-state index < -0.39 is 41.4 Å². The molecule has 1 atom stereocenters. The number of rotatable bonds is 11. The molecule has 0 radical (unpaired) electrons. The highest BCUT2D eigenvalue weighted by Gasteiger charge is 2.61. The minimum atomic E-state index is -5.84. The fourth-order valence-electron chi connectivity index (χ4n) is 5.42. The van der Waals surface area contributed by atoms with Gasteiger partial charge in [-0.15, -0.1) is 0 Å². The molecule has 1 saturated carbocycles. The van der Waals surface area contributed by atoms with Crippen molar-refractivity contribution >= 4 is 39.4 Å². The third kappa shape index (κ3) is 10.1. The van der Waals surface area contributed by atoms with Gasteiger partial charge >= 0.3 is 18.2 Å². The van der Waals surface area contributed by atoms with Gasteiger partial charge in [0.1, 0.15) is 11.4 Å². The van der Waals surface area contributed by atoms with Crippen molar-refractivity contribution in [2.24, 2.45) is 17.8 Å². The number of anilines is 1. The maximum absolute atomic E-state index is 13.6. The van der Waals surface area contributed by atoms with Crippen LogP contribution in [0.5, 0.6) is 0 Å². The van der Waals surface area contributed by atoms with Crippen LogP contribution in [0.25, 0.3) is 11.4 Å². The van der Waals surface area contributed by atoms with Crippen LogP contribution in [-0.2, 0) is 26.7 Å². The first kappa shape index (κ1) is 36.9. The highest BCUT2D eigenvalue weighted by Crippen LogP contribution is 2.42. The molecule has 1 aliphatic rings. The van der Waals surface area contributed by atoms with Crippen molar-refractivity contribution in [3.63, 3.8) is 0 Å². The van der Waals surface area contributed by atoms with Crippen LogP contribution in [0.1, 0.15) is 64.3 Å². The molecule has 260 valence electrons. The lowest BCUT2D eigenvalue weighted by Crippen LogP contribution is -2.37. The van der Waals surface area contributed by atoms with Gasteiger partial charge in [0.05, 0.1) is 0 Å². The second-order valence-electron chi connectivity index (χ2n) is 12.9. The number of alkyl halides is 5. The van der Waals surface area contributed by atoms with Gasteiger partial charge in [-0.3, -0.25) is 14.7 Å². The van der Waals surface area contributed by atoms with Crippen molar-refractivity contribution in [1.82, 2.24) is 20.5 Å². The number of nitrogens with zero attached hydrogens (tertiary/aromatic N) is 2. The van der Waals surface area contributed by atoms with Gasteiger partial charge in [0.15, 0.2) is 5.82 Å². The van der Waals surface area contributed by atoms with Crippen LogP contribution in [0, 0.1) is 17.8 Å². The van der Waals surface area contributed by atoms with Crippen molar-refractivity contribution in [1.29, 1.82) is 0 Å². The molecule has 2 aromatic carbocycles. The van der Waals surface area contributed by atoms with Crippen molar-refractivity contribution in [3.8, 4) is 11.4 Å². The van der Waals surface area contributed by atoms with Crippen LogP contribution in [0.4, 0.5) is 32.4 Å². The Morgan fingerprint density at radius 1 is 0.958 bits per heavy atom. The Balaban J connectivity index is 1.38. The Hall–Kier alpha value is -3.88. The molecule has 9 nitrogen and oxygen atoms in total. The number of aromatic nitrogens is 3. The number of H-pyrrole nitrogens is 1. The average molecular weight is 743 g/mol. The van der Waals surface area contributed by atoms with Crippen LogP contribution in [-0.4, -0.2) is 51.3 Å². The number of ketones is 1. The number of hydrogen-bond acceptors (Lipinski definition) is 6. The predicted molar refractivity (Wildman–Crippen MR) is 171 cm³/mol. The van der Waals surface area contributed by atoms with Crippen LogP contribution < -0.4 is 10.6 Å². The molecule has 0 bridgehead atoms. The van der Waals surface area contributed by atoms with E-state index in [0.29, 0.717) is 31.5 Å². The van der Waals surface area contributed by atoms with E-state index in [1.54, 1.807) is 25.9 Å². The Morgan fingerprint density at radius 3 is 2.17 bits per heavy atom. The first-order valence-electron chi connectivity index (χ1n) is 15.4. The highest BCUT2D eigenvalue weighted by atomic mass is 79.9. The van der Waals surface area contributed by atoms with Gasteiger partial charge < -0.3 is 15.4 Å². The van der Waals surface area contributed by atoms with E-state index in [1.807, 2.05) is 24.3 Å². The monoisotopic (exact) mass is 741 g/mol. The number of hydrogen-bond donors (Lipinski definition) is 3. The van der Waals surface area contributed by atoms with Gasteiger partial charge in [-0.1, -0.05) is 28.1 Å². The molecular formula is C33H37BrF5N5O4. The predicted octanol–water partition coefficient (Wildman–Crippen LogP) is 7.98. The van der Waals surface area contributed by atoms with Gasteiger partial charge in [0, 0.05) is 40.5 Å². The lowest BCUT2D eigenvalue weighted by Gasteiger charge is -2.29. The Bertz CT molecular complexity index is 1560. The third-order valence-corrected chi connectivity index (χ3v) is 8.53. The highest BCUT2D eigenvalue weighted by molar-refractivity contribution is 9.10. The van der Waals surface area contributed by atoms with Crippen LogP contribution in [0.15, 0.2) is 53.0 Å². The SMILES string of the molecule is CC(C)(C)OC(=O)NCC1CCC(C(=O)CC(Cc2ccc(Br)cc2)C(=O)Nc2ccc(-c3n[nH]c(C(F)(F)C(F)(F)F)n3)cc2)CC1. The average Bonchev–Trinajstić information content (AvgIpc) is 3.51. The summed E-state index contributed by atoms with van der Waals surface area (Å²) in [5.74, 6) is -8.32. The summed E-state index contributed by atoms with van der Waals surface area (Å²) in [4.78, 5) is 42.3. The quantitative estimate of drug-likeness (QED) is 0.171. The van der Waals surface area contributed by atoms with Crippen molar-refractivity contribution in [2.45, 2.75) is 77.0 Å². The zero-order valence-corrected chi connectivity index (χ0v) is 28.2. The van der Waals surface area contributed by atoms with Crippen molar-refractivity contribution in [2.75, 3.05) is 11.9 Å². The molecule has 3 aromatic rings. The molecule has 48 heavy (non-hydrogen) atoms. The van der Waals surface area contributed by atoms with Crippen LogP contribution >= 0.6 is 15.9 Å². The number of halogens is 6. The largest absolute Gasteiger partial charge is 0.461 e. The maximum atomic E-state index is 13.6. The zero-order valence-electron chi connectivity index (χ0n) is 26.6. The number of benzene rings is 2. The summed E-state index contributed by atoms with van der Waals surface area (Å²) >= 11 is 3.39. The number of nitrogens with one attached hydrogen (secondary N) is 3. The van der Waals surface area contributed by atoms with Crippen molar-refractivity contribution < 1.29 is 41.1 Å². The molecule has 15 heteroatoms. The fourth-order valence-corrected chi connectivity index (χ4v) is 5.68. The number of Topliss-reactive ketones (excluding diaryl/α,β-unsaturated/α-hetero) is 1. The van der Waals surface area contributed by atoms with E-state index in [4.69, 9.17) is 4.74 Å². The summed E-state index contributed by atoms with van der Waals surface area (Å²) in [5.41, 5.74) is 0.733. The number of carbonyl (C=O) groups is 3. The topological polar surface area (TPSA) is 126 Å². The van der Waals surface area contributed by atoms with Gasteiger partial charge in [-0.05, 0) is 101 Å². The summed E-state index contributed by atoms with van der Waals surface area (Å²) in [5, 5.41) is 10.7. The van der Waals surface area contributed by atoms with Crippen molar-refractivity contribution in [3.05, 3.63) is 64.4 Å². The smallest absolute Gasteiger partial charge is 0.444 e. The van der Waals surface area contributed by atoms with E-state index in [9.17, 15) is 36.3 Å². The molecule has 1 aliphatic carbocycles. The summed E-state index contributed by atoms with van der Waals surface area (Å²) < 4.78 is 71.5. The Morgan fingerprint density at radius 2 is 1.58 bits per heavy atom. The number of carbonyl (C=O) groups excluding carboxylic acids is 3. The summed E-state index contributed by atoms with van der Waals surface area (Å²) in [6, 6.07) is 13.0. The zero-order chi connectivity index (χ0) is 35.3. The number of aromatic amines is 1. The summed E-state index contributed by atoms with van der Waals surface area (Å²) in [6.45, 7) is 5.83. The first-order chi connectivity index (χ1) is 22.4. The van der Waals surface area contributed by atoms with Crippen LogP contribution in [0.3, 0.4) is 0 Å². The van der Waals surface area contributed by atoms with Gasteiger partial charge in [-0.25, -0.2) is 9.78 Å². The van der Waals surface area contributed by atoms with E-state index in [2.05, 4.69) is 36.6 Å². The van der Waals surface area contributed by atoms with Gasteiger partial charge in [-0.2, -0.15) is 27.1 Å². The molecule has 0 aliphatic heterocycles. The Labute approximate surface area is 282 Å². The molecule has 4 rings (SSSR count). The second kappa shape index (κ2) is 15.1. The molecule has 1 fully saturated rings. The molecule has 1 heterocycles. The summed E-state index contributed by atoms with van der Waals surface area (Å²) in [7, 11) is 0. The van der Waals surface area contributed by atoms with Gasteiger partial charge in [0.25, 0.3) is 0 Å². The maximum Gasteiger partial charge on any atom is 0.461 e. The second-order valence-corrected chi connectivity index (χ2v) is 13.9. The Kier molecular flexibility index (Phi) is 11.6. The third-order valence-electron chi connectivity index (χ3n) is 8.00. The first-order valence-corrected chi connectivity index (χ1v) is 16.2. The number of alkyl carbamates (subject to hydrolysis) is 1. The van der Waals surface area contributed by atoms with E-state index >= 15 is 0 Å². The molecule has 1 unspecified atom stereocenters. The number of amides is 2. The lowest BCUT2D eigenvalue weighted by molar-refractivity contribution is -0.292. The van der Waals surface area contributed by atoms with Crippen LogP contribution in [0.2, 0.25) is 0 Å².